The highest BCUT2D eigenvalue weighted by Gasteiger charge is 2.25. The van der Waals surface area contributed by atoms with Gasteiger partial charge < -0.3 is 15.6 Å². The number of carbonyl (C=O) groups excluding carboxylic acids is 1. The molecule has 1 aromatic carbocycles. The van der Waals surface area contributed by atoms with Gasteiger partial charge in [-0.1, -0.05) is 13.0 Å². The maximum atomic E-state index is 12.8. The lowest BCUT2D eigenvalue weighted by molar-refractivity contribution is -0.116. The van der Waals surface area contributed by atoms with Crippen LogP contribution in [-0.2, 0) is 11.3 Å². The number of piperidine rings is 1. The predicted octanol–water partition coefficient (Wildman–Crippen LogP) is 4.98. The number of hydrogen-bond donors (Lipinski definition) is 3. The smallest absolute Gasteiger partial charge is 0.246 e. The van der Waals surface area contributed by atoms with Gasteiger partial charge in [-0.3, -0.25) is 18.8 Å². The number of benzene rings is 1. The molecule has 12 heteroatoms. The van der Waals surface area contributed by atoms with Crippen LogP contribution in [0.3, 0.4) is 0 Å². The number of aryl methyl sites for hydroxylation is 1. The Balaban J connectivity index is 1.03. The highest BCUT2D eigenvalue weighted by atomic mass is 32.2. The molecule has 2 aliphatic rings. The Morgan fingerprint density at radius 1 is 1.21 bits per heavy atom. The summed E-state index contributed by atoms with van der Waals surface area (Å²) in [4.78, 5) is 28.0. The summed E-state index contributed by atoms with van der Waals surface area (Å²) in [5.41, 5.74) is 6.37. The largest absolute Gasteiger partial charge is 0.361 e. The SMILES string of the molecule is Cc1cn2c(-c3cnn(CC(=O)Nc4cccc5[nH]ccc45)c3)cnc2c(NC2CC(CN3CCCC(C)C3)=NS2)n1. The third-order valence-corrected chi connectivity index (χ3v) is 8.79. The van der Waals surface area contributed by atoms with E-state index >= 15 is 0 Å². The number of aromatic amines is 1. The van der Waals surface area contributed by atoms with E-state index in [2.05, 4.69) is 32.5 Å². The van der Waals surface area contributed by atoms with Crippen LogP contribution in [-0.4, -0.2) is 70.7 Å². The second kappa shape index (κ2) is 11.3. The Labute approximate surface area is 248 Å². The summed E-state index contributed by atoms with van der Waals surface area (Å²) >= 11 is 1.58. The molecular weight excluding hydrogens is 548 g/mol. The number of aromatic nitrogens is 6. The van der Waals surface area contributed by atoms with E-state index in [0.29, 0.717) is 0 Å². The van der Waals surface area contributed by atoms with Crippen LogP contribution in [0.4, 0.5) is 11.5 Å². The monoisotopic (exact) mass is 582 g/mol. The molecule has 2 aliphatic heterocycles. The molecule has 1 saturated heterocycles. The fourth-order valence-electron chi connectivity index (χ4n) is 5.97. The molecule has 4 aromatic heterocycles. The minimum atomic E-state index is -0.145. The van der Waals surface area contributed by atoms with Crippen molar-refractivity contribution in [2.75, 3.05) is 30.3 Å². The first-order chi connectivity index (χ1) is 20.5. The Kier molecular flexibility index (Phi) is 7.16. The van der Waals surface area contributed by atoms with E-state index < -0.39 is 0 Å². The van der Waals surface area contributed by atoms with Crippen LogP contribution in [0.25, 0.3) is 27.8 Å². The number of nitrogens with zero attached hydrogens (tertiary/aromatic N) is 7. The van der Waals surface area contributed by atoms with Gasteiger partial charge in [0.1, 0.15) is 11.9 Å². The van der Waals surface area contributed by atoms with E-state index in [0.717, 1.165) is 77.0 Å². The zero-order valence-electron chi connectivity index (χ0n) is 23.7. The van der Waals surface area contributed by atoms with Crippen molar-refractivity contribution < 1.29 is 4.79 Å². The van der Waals surface area contributed by atoms with Crippen molar-refractivity contribution in [2.45, 2.75) is 45.0 Å². The van der Waals surface area contributed by atoms with Crippen molar-refractivity contribution in [2.24, 2.45) is 10.3 Å². The lowest BCUT2D eigenvalue weighted by Crippen LogP contribution is -2.38. The lowest BCUT2D eigenvalue weighted by Gasteiger charge is -2.30. The minimum Gasteiger partial charge on any atom is -0.361 e. The normalized spacial score (nSPS) is 19.4. The third-order valence-electron chi connectivity index (χ3n) is 7.89. The van der Waals surface area contributed by atoms with Crippen LogP contribution < -0.4 is 10.6 Å². The molecule has 216 valence electrons. The first kappa shape index (κ1) is 26.7. The fourth-order valence-corrected chi connectivity index (χ4v) is 6.81. The van der Waals surface area contributed by atoms with Gasteiger partial charge in [0.25, 0.3) is 0 Å². The Morgan fingerprint density at radius 2 is 2.14 bits per heavy atom. The molecule has 0 aliphatic carbocycles. The molecule has 1 fully saturated rings. The molecule has 7 rings (SSSR count). The first-order valence-electron chi connectivity index (χ1n) is 14.4. The van der Waals surface area contributed by atoms with Gasteiger partial charge in [0.05, 0.1) is 29.5 Å². The maximum absolute atomic E-state index is 12.8. The molecule has 6 heterocycles. The number of hydrogen-bond acceptors (Lipinski definition) is 8. The van der Waals surface area contributed by atoms with E-state index in [1.54, 1.807) is 22.8 Å². The van der Waals surface area contributed by atoms with Crippen LogP contribution in [0.2, 0.25) is 0 Å². The Morgan fingerprint density at radius 3 is 3.05 bits per heavy atom. The summed E-state index contributed by atoms with van der Waals surface area (Å²) < 4.78 is 8.46. The average Bonchev–Trinajstić information content (AvgIpc) is 3.76. The van der Waals surface area contributed by atoms with Gasteiger partial charge >= 0.3 is 0 Å². The molecule has 1 amide bonds. The Bertz CT molecular complexity index is 1790. The molecular formula is C30H34N10OS. The van der Waals surface area contributed by atoms with Crippen molar-refractivity contribution in [1.29, 1.82) is 0 Å². The molecule has 3 N–H and O–H groups in total. The number of carbonyl (C=O) groups is 1. The molecule has 0 spiro atoms. The van der Waals surface area contributed by atoms with Gasteiger partial charge in [-0.15, -0.1) is 0 Å². The topological polar surface area (TPSA) is 121 Å². The average molecular weight is 583 g/mol. The number of anilines is 2. The quantitative estimate of drug-likeness (QED) is 0.221. The van der Waals surface area contributed by atoms with Crippen molar-refractivity contribution in [1.82, 2.24) is 34.0 Å². The van der Waals surface area contributed by atoms with Crippen LogP contribution >= 0.6 is 11.9 Å². The zero-order chi connectivity index (χ0) is 28.6. The summed E-state index contributed by atoms with van der Waals surface area (Å²) in [5.74, 6) is 1.36. The minimum absolute atomic E-state index is 0.0997. The van der Waals surface area contributed by atoms with Gasteiger partial charge in [0.15, 0.2) is 11.5 Å². The van der Waals surface area contributed by atoms with Crippen molar-refractivity contribution in [3.05, 3.63) is 60.9 Å². The number of amides is 1. The van der Waals surface area contributed by atoms with E-state index in [1.807, 2.05) is 60.4 Å². The van der Waals surface area contributed by atoms with Gasteiger partial charge in [-0.05, 0) is 62.4 Å². The number of rotatable bonds is 8. The molecule has 0 radical (unpaired) electrons. The van der Waals surface area contributed by atoms with Crippen LogP contribution in [0.15, 0.2) is 59.6 Å². The van der Waals surface area contributed by atoms with Gasteiger partial charge in [-0.25, -0.2) is 14.4 Å². The molecule has 2 atom stereocenters. The maximum Gasteiger partial charge on any atom is 0.246 e. The standard InChI is InChI=1S/C30H34N10OS/c1-19-5-4-10-38(14-19)17-22-11-28(42-37-22)36-29-30-32-13-26(40(30)15-20(2)34-29)21-12-33-39(16-21)18-27(41)35-25-7-3-6-24-23(25)8-9-31-24/h3,6-9,12-13,15-16,19,28,31H,4-5,10-11,14,17-18H2,1-2H3,(H,34,36)(H,35,41). The molecule has 11 nitrogen and oxygen atoms in total. The van der Waals surface area contributed by atoms with Gasteiger partial charge in [0, 0.05) is 60.3 Å². The van der Waals surface area contributed by atoms with E-state index in [1.165, 1.54) is 18.6 Å². The predicted molar refractivity (Wildman–Crippen MR) is 168 cm³/mol. The third kappa shape index (κ3) is 5.51. The van der Waals surface area contributed by atoms with Crippen LogP contribution in [0, 0.1) is 12.8 Å². The summed E-state index contributed by atoms with van der Waals surface area (Å²) in [6.07, 6.45) is 12.8. The van der Waals surface area contributed by atoms with Gasteiger partial charge in [-0.2, -0.15) is 5.10 Å². The van der Waals surface area contributed by atoms with Crippen molar-refractivity contribution >= 4 is 51.6 Å². The number of fused-ring (bicyclic) bond motifs is 2. The summed E-state index contributed by atoms with van der Waals surface area (Å²) in [6.45, 7) is 7.68. The first-order valence-corrected chi connectivity index (χ1v) is 15.3. The van der Waals surface area contributed by atoms with Gasteiger partial charge in [0.2, 0.25) is 5.91 Å². The zero-order valence-corrected chi connectivity index (χ0v) is 24.6. The fraction of sp³-hybridized carbons (Fsp3) is 0.367. The summed E-state index contributed by atoms with van der Waals surface area (Å²) in [5, 5.41) is 12.1. The molecule has 2 unspecified atom stereocenters. The van der Waals surface area contributed by atoms with Crippen molar-refractivity contribution in [3.63, 3.8) is 0 Å². The summed E-state index contributed by atoms with van der Waals surface area (Å²) in [6, 6.07) is 7.75. The van der Waals surface area contributed by atoms with E-state index in [-0.39, 0.29) is 17.8 Å². The Hall–Kier alpha value is -4.16. The second-order valence-electron chi connectivity index (χ2n) is 11.4. The molecule has 0 saturated carbocycles. The highest BCUT2D eigenvalue weighted by Crippen LogP contribution is 2.30. The molecule has 0 bridgehead atoms. The molecule has 5 aromatic rings. The number of H-pyrrole nitrogens is 1. The summed E-state index contributed by atoms with van der Waals surface area (Å²) in [7, 11) is 0. The van der Waals surface area contributed by atoms with E-state index in [9.17, 15) is 4.79 Å². The number of nitrogens with one attached hydrogen (secondary N) is 3. The number of likely N-dealkylation sites (tertiary alicyclic amines) is 1. The van der Waals surface area contributed by atoms with Crippen molar-refractivity contribution in [3.8, 4) is 11.3 Å². The van der Waals surface area contributed by atoms with Crippen LogP contribution in [0.5, 0.6) is 0 Å². The molecule has 42 heavy (non-hydrogen) atoms. The van der Waals surface area contributed by atoms with Crippen LogP contribution in [0.1, 0.15) is 31.9 Å². The number of imidazole rings is 1. The second-order valence-corrected chi connectivity index (χ2v) is 12.3. The lowest BCUT2D eigenvalue weighted by atomic mass is 10.00. The van der Waals surface area contributed by atoms with E-state index in [4.69, 9.17) is 14.4 Å². The highest BCUT2D eigenvalue weighted by molar-refractivity contribution is 7.99.